The van der Waals surface area contributed by atoms with E-state index in [1.54, 1.807) is 16.7 Å². The molecule has 3 aliphatic rings. The van der Waals surface area contributed by atoms with Crippen molar-refractivity contribution in [3.63, 3.8) is 0 Å². The number of nitrogens with zero attached hydrogens (tertiary/aromatic N) is 3. The van der Waals surface area contributed by atoms with Gasteiger partial charge >= 0.3 is 5.69 Å². The van der Waals surface area contributed by atoms with E-state index < -0.39 is 17.0 Å². The van der Waals surface area contributed by atoms with Gasteiger partial charge in [0.25, 0.3) is 5.56 Å². The number of rotatable bonds is 2. The maximum atomic E-state index is 12.8. The fourth-order valence-corrected chi connectivity index (χ4v) is 4.22. The van der Waals surface area contributed by atoms with Gasteiger partial charge in [0, 0.05) is 31.3 Å². The molecular formula is C16H20N4O5. The van der Waals surface area contributed by atoms with E-state index >= 15 is 0 Å². The first-order valence-corrected chi connectivity index (χ1v) is 8.47. The molecule has 1 aromatic rings. The van der Waals surface area contributed by atoms with Crippen molar-refractivity contribution < 1.29 is 14.3 Å². The summed E-state index contributed by atoms with van der Waals surface area (Å²) in [7, 11) is 0. The number of aromatic amines is 1. The highest BCUT2D eigenvalue weighted by molar-refractivity contribution is 5.84. The van der Waals surface area contributed by atoms with Gasteiger partial charge in [-0.05, 0) is 13.3 Å². The third kappa shape index (κ3) is 2.33. The minimum atomic E-state index is -0.698. The Labute approximate surface area is 143 Å². The van der Waals surface area contributed by atoms with Crippen molar-refractivity contribution in [2.45, 2.75) is 44.5 Å². The molecule has 3 saturated heterocycles. The van der Waals surface area contributed by atoms with Crippen LogP contribution in [0, 0.1) is 6.92 Å². The molecule has 0 aromatic carbocycles. The van der Waals surface area contributed by atoms with Crippen LogP contribution in [0.15, 0.2) is 15.8 Å². The number of aryl methyl sites for hydroxylation is 1. The minimum Gasteiger partial charge on any atom is -0.353 e. The highest BCUT2D eigenvalue weighted by Gasteiger charge is 2.61. The van der Waals surface area contributed by atoms with E-state index in [-0.39, 0.29) is 30.8 Å². The molecule has 1 spiro atoms. The fourth-order valence-electron chi connectivity index (χ4n) is 4.22. The van der Waals surface area contributed by atoms with Crippen molar-refractivity contribution in [3.05, 3.63) is 32.6 Å². The number of aromatic nitrogens is 2. The molecule has 0 unspecified atom stereocenters. The fraction of sp³-hybridized carbons (Fsp3) is 0.625. The Morgan fingerprint density at radius 2 is 2.16 bits per heavy atom. The highest BCUT2D eigenvalue weighted by Crippen LogP contribution is 2.44. The number of amides is 2. The molecule has 4 heterocycles. The number of carbonyl (C=O) groups is 2. The number of hydrogen-bond donors (Lipinski definition) is 1. The Kier molecular flexibility index (Phi) is 3.57. The van der Waals surface area contributed by atoms with Gasteiger partial charge < -0.3 is 14.5 Å². The van der Waals surface area contributed by atoms with Crippen LogP contribution < -0.4 is 11.2 Å². The molecule has 0 aliphatic carbocycles. The number of ether oxygens (including phenoxy) is 1. The molecule has 2 amide bonds. The SMILES string of the molecule is Cc1cn(CC(=O)N2CC[C@@]34OCCCN3C(=O)C[C@@H]24)c(=O)[nH]c1=O. The van der Waals surface area contributed by atoms with Crippen LogP contribution in [0.2, 0.25) is 0 Å². The number of hydrogen-bond acceptors (Lipinski definition) is 5. The second-order valence-electron chi connectivity index (χ2n) is 6.85. The molecule has 9 heteroatoms. The Bertz CT molecular complexity index is 859. The van der Waals surface area contributed by atoms with Crippen molar-refractivity contribution in [1.29, 1.82) is 0 Å². The van der Waals surface area contributed by atoms with Crippen LogP contribution in [-0.4, -0.2) is 62.6 Å². The monoisotopic (exact) mass is 348 g/mol. The van der Waals surface area contributed by atoms with Crippen LogP contribution in [0.25, 0.3) is 0 Å². The maximum absolute atomic E-state index is 12.8. The average molecular weight is 348 g/mol. The zero-order valence-corrected chi connectivity index (χ0v) is 14.0. The Hall–Kier alpha value is -2.42. The normalized spacial score (nSPS) is 28.2. The van der Waals surface area contributed by atoms with Crippen LogP contribution >= 0.6 is 0 Å². The summed E-state index contributed by atoms with van der Waals surface area (Å²) < 4.78 is 7.16. The van der Waals surface area contributed by atoms with Crippen molar-refractivity contribution in [2.24, 2.45) is 0 Å². The van der Waals surface area contributed by atoms with Gasteiger partial charge in [-0.1, -0.05) is 0 Å². The summed E-state index contributed by atoms with van der Waals surface area (Å²) in [5.74, 6) is -0.238. The summed E-state index contributed by atoms with van der Waals surface area (Å²) >= 11 is 0. The molecule has 1 N–H and O–H groups in total. The zero-order chi connectivity index (χ0) is 17.8. The van der Waals surface area contributed by atoms with Crippen LogP contribution in [0.1, 0.15) is 24.8 Å². The van der Waals surface area contributed by atoms with Crippen molar-refractivity contribution in [3.8, 4) is 0 Å². The second-order valence-corrected chi connectivity index (χ2v) is 6.85. The summed E-state index contributed by atoms with van der Waals surface area (Å²) in [6, 6.07) is -0.313. The summed E-state index contributed by atoms with van der Waals surface area (Å²) in [4.78, 5) is 54.0. The van der Waals surface area contributed by atoms with Gasteiger partial charge in [-0.2, -0.15) is 0 Å². The van der Waals surface area contributed by atoms with Crippen LogP contribution in [0.3, 0.4) is 0 Å². The van der Waals surface area contributed by atoms with Gasteiger partial charge in [0.05, 0.1) is 19.1 Å². The number of H-pyrrole nitrogens is 1. The molecule has 2 atom stereocenters. The van der Waals surface area contributed by atoms with Gasteiger partial charge in [0.15, 0.2) is 5.72 Å². The van der Waals surface area contributed by atoms with Crippen molar-refractivity contribution >= 4 is 11.8 Å². The first kappa shape index (κ1) is 16.1. The lowest BCUT2D eigenvalue weighted by Crippen LogP contribution is -2.56. The van der Waals surface area contributed by atoms with E-state index in [4.69, 9.17) is 4.74 Å². The molecule has 1 aromatic heterocycles. The van der Waals surface area contributed by atoms with Crippen LogP contribution in [0.4, 0.5) is 0 Å². The van der Waals surface area contributed by atoms with E-state index in [1.807, 2.05) is 0 Å². The molecule has 4 rings (SSSR count). The molecule has 25 heavy (non-hydrogen) atoms. The Morgan fingerprint density at radius 3 is 2.96 bits per heavy atom. The van der Waals surface area contributed by atoms with E-state index in [0.717, 1.165) is 6.42 Å². The molecule has 3 aliphatic heterocycles. The van der Waals surface area contributed by atoms with Crippen molar-refractivity contribution in [2.75, 3.05) is 19.7 Å². The lowest BCUT2D eigenvalue weighted by molar-refractivity contribution is -0.181. The smallest absolute Gasteiger partial charge is 0.328 e. The molecule has 3 fully saturated rings. The third-order valence-electron chi connectivity index (χ3n) is 5.43. The van der Waals surface area contributed by atoms with Gasteiger partial charge in [-0.15, -0.1) is 0 Å². The van der Waals surface area contributed by atoms with E-state index in [9.17, 15) is 19.2 Å². The minimum absolute atomic E-state index is 0.0132. The van der Waals surface area contributed by atoms with E-state index in [1.165, 1.54) is 10.8 Å². The third-order valence-corrected chi connectivity index (χ3v) is 5.43. The zero-order valence-electron chi connectivity index (χ0n) is 14.0. The van der Waals surface area contributed by atoms with Crippen LogP contribution in [0.5, 0.6) is 0 Å². The molecule has 0 saturated carbocycles. The highest BCUT2D eigenvalue weighted by atomic mass is 16.5. The summed E-state index contributed by atoms with van der Waals surface area (Å²) in [6.45, 7) is 3.14. The van der Waals surface area contributed by atoms with Crippen LogP contribution in [-0.2, 0) is 20.9 Å². The summed E-state index contributed by atoms with van der Waals surface area (Å²) in [5.41, 5.74) is -1.41. The lowest BCUT2D eigenvalue weighted by atomic mass is 10.0. The van der Waals surface area contributed by atoms with Gasteiger partial charge in [-0.25, -0.2) is 4.79 Å². The van der Waals surface area contributed by atoms with Gasteiger partial charge in [0.2, 0.25) is 11.8 Å². The van der Waals surface area contributed by atoms with Crippen molar-refractivity contribution in [1.82, 2.24) is 19.4 Å². The Balaban J connectivity index is 1.58. The number of nitrogens with one attached hydrogen (secondary N) is 1. The first-order chi connectivity index (χ1) is 11.9. The average Bonchev–Trinajstić information content (AvgIpc) is 3.05. The lowest BCUT2D eigenvalue weighted by Gasteiger charge is -2.42. The maximum Gasteiger partial charge on any atom is 0.328 e. The Morgan fingerprint density at radius 1 is 1.36 bits per heavy atom. The molecule has 0 radical (unpaired) electrons. The van der Waals surface area contributed by atoms with E-state index in [0.29, 0.717) is 31.7 Å². The predicted octanol–water partition coefficient (Wildman–Crippen LogP) is -1.21. The summed E-state index contributed by atoms with van der Waals surface area (Å²) in [5, 5.41) is 0. The molecular weight excluding hydrogens is 328 g/mol. The second kappa shape index (κ2) is 5.55. The number of carbonyl (C=O) groups excluding carboxylic acids is 2. The molecule has 9 nitrogen and oxygen atoms in total. The predicted molar refractivity (Wildman–Crippen MR) is 85.8 cm³/mol. The number of likely N-dealkylation sites (tertiary alicyclic amines) is 1. The first-order valence-electron chi connectivity index (χ1n) is 8.47. The molecule has 134 valence electrons. The standard InChI is InChI=1S/C16H20N4O5/c1-10-8-18(15(24)17-14(10)23)9-13(22)19-5-3-16-11(19)7-12(21)20(16)4-2-6-25-16/h8,11H,2-7,9H2,1H3,(H,17,23,24)/t11-,16+/m1/s1. The van der Waals surface area contributed by atoms with Gasteiger partial charge in [0.1, 0.15) is 6.54 Å². The topological polar surface area (TPSA) is 105 Å². The van der Waals surface area contributed by atoms with Gasteiger partial charge in [-0.3, -0.25) is 23.9 Å². The quantitative estimate of drug-likeness (QED) is 0.722. The largest absolute Gasteiger partial charge is 0.353 e. The summed E-state index contributed by atoms with van der Waals surface area (Å²) in [6.07, 6.45) is 3.04. The van der Waals surface area contributed by atoms with E-state index in [2.05, 4.69) is 4.98 Å². The molecule has 0 bridgehead atoms.